The Balaban J connectivity index is 1.71. The molecule has 0 bridgehead atoms. The Labute approximate surface area is 146 Å². The molecule has 0 spiro atoms. The maximum atomic E-state index is 12.4. The largest absolute Gasteiger partial charge is 0.439 e. The van der Waals surface area contributed by atoms with Gasteiger partial charge in [0.05, 0.1) is 11.6 Å². The molecule has 25 heavy (non-hydrogen) atoms. The van der Waals surface area contributed by atoms with Crippen LogP contribution in [0.15, 0.2) is 30.3 Å². The lowest BCUT2D eigenvalue weighted by Gasteiger charge is -2.20. The summed E-state index contributed by atoms with van der Waals surface area (Å²) in [5.74, 6) is 1.22. The van der Waals surface area contributed by atoms with Crippen molar-refractivity contribution in [1.29, 1.82) is 5.26 Å². The summed E-state index contributed by atoms with van der Waals surface area (Å²) < 4.78 is 5.71. The van der Waals surface area contributed by atoms with Crippen molar-refractivity contribution in [3.8, 4) is 17.7 Å². The van der Waals surface area contributed by atoms with E-state index in [0.29, 0.717) is 22.9 Å². The molecule has 1 N–H and O–H groups in total. The number of rotatable bonds is 4. The molecule has 128 valence electrons. The topological polar surface area (TPSA) is 87.9 Å². The number of hydrogen-bond acceptors (Lipinski definition) is 5. The van der Waals surface area contributed by atoms with Crippen LogP contribution in [-0.4, -0.2) is 15.9 Å². The van der Waals surface area contributed by atoms with E-state index in [9.17, 15) is 4.79 Å². The van der Waals surface area contributed by atoms with E-state index in [1.807, 2.05) is 6.92 Å². The molecule has 0 atom stereocenters. The molecule has 0 saturated heterocycles. The Morgan fingerprint density at radius 3 is 2.60 bits per heavy atom. The number of benzene rings is 1. The molecular weight excluding hydrogens is 316 g/mol. The first-order chi connectivity index (χ1) is 12.1. The SMILES string of the molecule is Cc1cc(Oc2ccc(C#N)cc2)nc(NC(=O)C2CCCCC2)n1. The molecule has 6 heteroatoms. The molecule has 1 amide bonds. The van der Waals surface area contributed by atoms with Gasteiger partial charge in [-0.25, -0.2) is 4.98 Å². The number of ether oxygens (including phenoxy) is 1. The fourth-order valence-electron chi connectivity index (χ4n) is 2.94. The molecular formula is C19H20N4O2. The average Bonchev–Trinajstić information content (AvgIpc) is 2.62. The third-order valence-corrected chi connectivity index (χ3v) is 4.25. The number of aromatic nitrogens is 2. The molecule has 0 aliphatic heterocycles. The smallest absolute Gasteiger partial charge is 0.232 e. The molecule has 1 aromatic carbocycles. The normalized spacial score (nSPS) is 14.6. The standard InChI is InChI=1S/C19H20N4O2/c1-13-11-17(25-16-9-7-14(12-20)8-10-16)22-19(21-13)23-18(24)15-5-3-2-4-6-15/h7-11,15H,2-6H2,1H3,(H,21,22,23,24). The number of nitrogens with one attached hydrogen (secondary N) is 1. The van der Waals surface area contributed by atoms with E-state index >= 15 is 0 Å². The van der Waals surface area contributed by atoms with Gasteiger partial charge in [0.2, 0.25) is 17.7 Å². The van der Waals surface area contributed by atoms with Crippen molar-refractivity contribution in [2.24, 2.45) is 5.92 Å². The lowest BCUT2D eigenvalue weighted by atomic mass is 9.89. The van der Waals surface area contributed by atoms with E-state index in [-0.39, 0.29) is 17.8 Å². The highest BCUT2D eigenvalue weighted by molar-refractivity contribution is 5.91. The first-order valence-corrected chi connectivity index (χ1v) is 8.48. The minimum absolute atomic E-state index is 0.0189. The molecule has 1 aromatic heterocycles. The van der Waals surface area contributed by atoms with Crippen molar-refractivity contribution in [3.63, 3.8) is 0 Å². The van der Waals surface area contributed by atoms with Crippen LogP contribution in [0.4, 0.5) is 5.95 Å². The third kappa shape index (κ3) is 4.54. The monoisotopic (exact) mass is 336 g/mol. The lowest BCUT2D eigenvalue weighted by Crippen LogP contribution is -2.25. The molecule has 3 rings (SSSR count). The molecule has 2 aromatic rings. The molecule has 1 aliphatic carbocycles. The third-order valence-electron chi connectivity index (χ3n) is 4.25. The van der Waals surface area contributed by atoms with E-state index in [4.69, 9.17) is 10.00 Å². The van der Waals surface area contributed by atoms with Crippen LogP contribution in [0.5, 0.6) is 11.6 Å². The summed E-state index contributed by atoms with van der Waals surface area (Å²) in [6.45, 7) is 1.82. The maximum Gasteiger partial charge on any atom is 0.232 e. The van der Waals surface area contributed by atoms with Gasteiger partial charge >= 0.3 is 0 Å². The molecule has 1 heterocycles. The van der Waals surface area contributed by atoms with E-state index in [0.717, 1.165) is 25.7 Å². The number of aryl methyl sites for hydroxylation is 1. The van der Waals surface area contributed by atoms with Gasteiger partial charge in [0, 0.05) is 17.7 Å². The Hall–Kier alpha value is -2.94. The van der Waals surface area contributed by atoms with Crippen LogP contribution < -0.4 is 10.1 Å². The minimum Gasteiger partial charge on any atom is -0.439 e. The molecule has 1 aliphatic rings. The van der Waals surface area contributed by atoms with Crippen molar-refractivity contribution < 1.29 is 9.53 Å². The van der Waals surface area contributed by atoms with Gasteiger partial charge in [-0.1, -0.05) is 19.3 Å². The fraction of sp³-hybridized carbons (Fsp3) is 0.368. The Morgan fingerprint density at radius 1 is 1.20 bits per heavy atom. The van der Waals surface area contributed by atoms with Gasteiger partial charge in [-0.2, -0.15) is 10.2 Å². The summed E-state index contributed by atoms with van der Waals surface area (Å²) in [6.07, 6.45) is 5.24. The molecule has 1 saturated carbocycles. The van der Waals surface area contributed by atoms with Gasteiger partial charge in [0.25, 0.3) is 0 Å². The van der Waals surface area contributed by atoms with Gasteiger partial charge in [-0.15, -0.1) is 0 Å². The van der Waals surface area contributed by atoms with Crippen LogP contribution in [0.1, 0.15) is 43.4 Å². The highest BCUT2D eigenvalue weighted by Crippen LogP contribution is 2.25. The first kappa shape index (κ1) is 16.9. The Morgan fingerprint density at radius 2 is 1.92 bits per heavy atom. The minimum atomic E-state index is -0.0189. The fourth-order valence-corrected chi connectivity index (χ4v) is 2.94. The summed E-state index contributed by atoms with van der Waals surface area (Å²) in [7, 11) is 0. The van der Waals surface area contributed by atoms with E-state index in [1.54, 1.807) is 30.3 Å². The highest BCUT2D eigenvalue weighted by atomic mass is 16.5. The Kier molecular flexibility index (Phi) is 5.24. The number of amides is 1. The number of nitrogens with zero attached hydrogens (tertiary/aromatic N) is 3. The van der Waals surface area contributed by atoms with Crippen LogP contribution >= 0.6 is 0 Å². The van der Waals surface area contributed by atoms with Crippen LogP contribution in [0, 0.1) is 24.2 Å². The Bertz CT molecular complexity index is 790. The number of hydrogen-bond donors (Lipinski definition) is 1. The van der Waals surface area contributed by atoms with Crippen molar-refractivity contribution in [2.75, 3.05) is 5.32 Å². The van der Waals surface area contributed by atoms with E-state index in [1.165, 1.54) is 6.42 Å². The van der Waals surface area contributed by atoms with Crippen LogP contribution in [0.2, 0.25) is 0 Å². The van der Waals surface area contributed by atoms with Crippen molar-refractivity contribution in [1.82, 2.24) is 9.97 Å². The van der Waals surface area contributed by atoms with E-state index in [2.05, 4.69) is 21.4 Å². The number of anilines is 1. The second-order valence-electron chi connectivity index (χ2n) is 6.23. The predicted molar refractivity (Wildman–Crippen MR) is 93.2 cm³/mol. The van der Waals surface area contributed by atoms with Crippen LogP contribution in [0.3, 0.4) is 0 Å². The summed E-state index contributed by atoms with van der Waals surface area (Å²) in [6, 6.07) is 10.5. The molecule has 6 nitrogen and oxygen atoms in total. The second-order valence-corrected chi connectivity index (χ2v) is 6.23. The van der Waals surface area contributed by atoms with Crippen molar-refractivity contribution >= 4 is 11.9 Å². The molecule has 0 unspecified atom stereocenters. The van der Waals surface area contributed by atoms with E-state index < -0.39 is 0 Å². The summed E-state index contributed by atoms with van der Waals surface area (Å²) in [5.41, 5.74) is 1.27. The first-order valence-electron chi connectivity index (χ1n) is 8.48. The summed E-state index contributed by atoms with van der Waals surface area (Å²) in [4.78, 5) is 20.9. The zero-order valence-corrected chi connectivity index (χ0v) is 14.2. The molecule has 0 radical (unpaired) electrons. The zero-order chi connectivity index (χ0) is 17.6. The van der Waals surface area contributed by atoms with Crippen LogP contribution in [0.25, 0.3) is 0 Å². The van der Waals surface area contributed by atoms with Crippen molar-refractivity contribution in [2.45, 2.75) is 39.0 Å². The number of nitriles is 1. The highest BCUT2D eigenvalue weighted by Gasteiger charge is 2.22. The van der Waals surface area contributed by atoms with Gasteiger partial charge in [0.15, 0.2) is 0 Å². The van der Waals surface area contributed by atoms with Gasteiger partial charge in [0.1, 0.15) is 5.75 Å². The van der Waals surface area contributed by atoms with Gasteiger partial charge in [-0.05, 0) is 44.0 Å². The average molecular weight is 336 g/mol. The predicted octanol–water partition coefficient (Wildman–Crippen LogP) is 3.97. The van der Waals surface area contributed by atoms with Gasteiger partial charge < -0.3 is 4.74 Å². The van der Waals surface area contributed by atoms with Gasteiger partial charge in [-0.3, -0.25) is 10.1 Å². The summed E-state index contributed by atoms with van der Waals surface area (Å²) in [5, 5.41) is 11.6. The maximum absolute atomic E-state index is 12.4. The second kappa shape index (κ2) is 7.75. The number of carbonyl (C=O) groups is 1. The lowest BCUT2D eigenvalue weighted by molar-refractivity contribution is -0.120. The van der Waals surface area contributed by atoms with Crippen LogP contribution in [-0.2, 0) is 4.79 Å². The quantitative estimate of drug-likeness (QED) is 0.912. The zero-order valence-electron chi connectivity index (χ0n) is 14.2. The number of carbonyl (C=O) groups excluding carboxylic acids is 1. The van der Waals surface area contributed by atoms with Crippen molar-refractivity contribution in [3.05, 3.63) is 41.6 Å². The molecule has 1 fully saturated rings. The summed E-state index contributed by atoms with van der Waals surface area (Å²) >= 11 is 0.